The van der Waals surface area contributed by atoms with Gasteiger partial charge >= 0.3 is 6.18 Å². The number of rotatable bonds is 4. The van der Waals surface area contributed by atoms with Crippen molar-refractivity contribution in [2.75, 3.05) is 18.0 Å². The molecule has 1 fully saturated rings. The quantitative estimate of drug-likeness (QED) is 0.898. The zero-order valence-corrected chi connectivity index (χ0v) is 12.2. The summed E-state index contributed by atoms with van der Waals surface area (Å²) in [5, 5.41) is 12.5. The van der Waals surface area contributed by atoms with Crippen LogP contribution in [0.2, 0.25) is 0 Å². The number of aliphatic hydroxyl groups is 1. The number of aliphatic hydroxyl groups excluding tert-OH is 1. The molecular formula is C15H21F3N2O. The molecule has 1 aliphatic heterocycles. The Morgan fingerprint density at radius 1 is 1.38 bits per heavy atom. The van der Waals surface area contributed by atoms with Crippen LogP contribution in [-0.2, 0) is 12.7 Å². The number of hydrogen-bond donors (Lipinski definition) is 2. The highest BCUT2D eigenvalue weighted by Crippen LogP contribution is 2.35. The summed E-state index contributed by atoms with van der Waals surface area (Å²) in [6, 6.07) is 4.54. The molecule has 0 spiro atoms. The molecule has 0 amide bonds. The predicted molar refractivity (Wildman–Crippen MR) is 76.3 cm³/mol. The van der Waals surface area contributed by atoms with Crippen LogP contribution in [0.1, 0.15) is 31.4 Å². The van der Waals surface area contributed by atoms with Gasteiger partial charge in [0, 0.05) is 31.4 Å². The van der Waals surface area contributed by atoms with Crippen LogP contribution in [0.3, 0.4) is 0 Å². The van der Waals surface area contributed by atoms with Crippen molar-refractivity contribution in [2.24, 2.45) is 0 Å². The maximum Gasteiger partial charge on any atom is 0.416 e. The fourth-order valence-electron chi connectivity index (χ4n) is 2.47. The van der Waals surface area contributed by atoms with E-state index in [0.29, 0.717) is 25.2 Å². The van der Waals surface area contributed by atoms with E-state index in [2.05, 4.69) is 5.32 Å². The molecule has 21 heavy (non-hydrogen) atoms. The summed E-state index contributed by atoms with van der Waals surface area (Å²) >= 11 is 0. The second kappa shape index (κ2) is 6.23. The maximum atomic E-state index is 13.2. The van der Waals surface area contributed by atoms with Gasteiger partial charge in [-0.2, -0.15) is 13.2 Å². The molecule has 2 rings (SSSR count). The third-order valence-electron chi connectivity index (χ3n) is 3.63. The van der Waals surface area contributed by atoms with Gasteiger partial charge in [0.2, 0.25) is 0 Å². The van der Waals surface area contributed by atoms with Gasteiger partial charge in [-0.1, -0.05) is 19.9 Å². The molecule has 0 saturated carbocycles. The topological polar surface area (TPSA) is 35.5 Å². The Kier molecular flexibility index (Phi) is 4.78. The van der Waals surface area contributed by atoms with Crippen molar-refractivity contribution < 1.29 is 18.3 Å². The highest BCUT2D eigenvalue weighted by Gasteiger charge is 2.34. The molecule has 0 bridgehead atoms. The van der Waals surface area contributed by atoms with E-state index in [4.69, 9.17) is 0 Å². The average Bonchev–Trinajstić information content (AvgIpc) is 2.81. The summed E-state index contributed by atoms with van der Waals surface area (Å²) in [4.78, 5) is 1.79. The highest BCUT2D eigenvalue weighted by atomic mass is 19.4. The molecule has 1 atom stereocenters. The minimum atomic E-state index is -4.37. The van der Waals surface area contributed by atoms with Crippen LogP contribution >= 0.6 is 0 Å². The van der Waals surface area contributed by atoms with Gasteiger partial charge in [-0.25, -0.2) is 0 Å². The zero-order chi connectivity index (χ0) is 15.6. The van der Waals surface area contributed by atoms with Crippen molar-refractivity contribution >= 4 is 5.69 Å². The molecule has 1 aromatic carbocycles. The number of hydrogen-bond acceptors (Lipinski definition) is 3. The Morgan fingerprint density at radius 2 is 2.10 bits per heavy atom. The van der Waals surface area contributed by atoms with Crippen LogP contribution in [0.25, 0.3) is 0 Å². The molecule has 0 aliphatic carbocycles. The van der Waals surface area contributed by atoms with E-state index in [9.17, 15) is 18.3 Å². The highest BCUT2D eigenvalue weighted by molar-refractivity contribution is 5.52. The van der Waals surface area contributed by atoms with Gasteiger partial charge in [0.15, 0.2) is 0 Å². The number of β-amino-alcohol motifs (C(OH)–C–C–N with tert-alkyl or cyclic N) is 1. The predicted octanol–water partition coefficient (Wildman–Crippen LogP) is 2.77. The van der Waals surface area contributed by atoms with E-state index in [0.717, 1.165) is 0 Å². The first-order valence-corrected chi connectivity index (χ1v) is 7.14. The fourth-order valence-corrected chi connectivity index (χ4v) is 2.47. The monoisotopic (exact) mass is 302 g/mol. The number of halogens is 3. The molecule has 3 nitrogen and oxygen atoms in total. The Labute approximate surface area is 122 Å². The van der Waals surface area contributed by atoms with E-state index < -0.39 is 17.8 Å². The Balaban J connectivity index is 2.26. The summed E-state index contributed by atoms with van der Waals surface area (Å²) in [6.07, 6.45) is -4.23. The lowest BCUT2D eigenvalue weighted by Crippen LogP contribution is -2.25. The van der Waals surface area contributed by atoms with Crippen molar-refractivity contribution in [3.8, 4) is 0 Å². The lowest BCUT2D eigenvalue weighted by molar-refractivity contribution is -0.138. The van der Waals surface area contributed by atoms with E-state index >= 15 is 0 Å². The van der Waals surface area contributed by atoms with Crippen molar-refractivity contribution in [3.05, 3.63) is 29.3 Å². The van der Waals surface area contributed by atoms with Crippen LogP contribution in [0, 0.1) is 0 Å². The molecule has 1 aromatic rings. The smallest absolute Gasteiger partial charge is 0.391 e. The first-order valence-electron chi connectivity index (χ1n) is 7.14. The van der Waals surface area contributed by atoms with Gasteiger partial charge in [-0.3, -0.25) is 0 Å². The second-order valence-electron chi connectivity index (χ2n) is 5.76. The summed E-state index contributed by atoms with van der Waals surface area (Å²) < 4.78 is 39.7. The van der Waals surface area contributed by atoms with Crippen LogP contribution in [0.4, 0.5) is 18.9 Å². The summed E-state index contributed by atoms with van der Waals surface area (Å²) in [6.45, 7) is 4.96. The summed E-state index contributed by atoms with van der Waals surface area (Å²) in [5.41, 5.74) is 0.168. The van der Waals surface area contributed by atoms with E-state index in [-0.39, 0.29) is 18.2 Å². The van der Waals surface area contributed by atoms with Crippen LogP contribution in [0.15, 0.2) is 18.2 Å². The van der Waals surface area contributed by atoms with Gasteiger partial charge in [0.1, 0.15) is 0 Å². The third-order valence-corrected chi connectivity index (χ3v) is 3.63. The van der Waals surface area contributed by atoms with Crippen molar-refractivity contribution in [3.63, 3.8) is 0 Å². The second-order valence-corrected chi connectivity index (χ2v) is 5.76. The molecule has 1 heterocycles. The first kappa shape index (κ1) is 16.1. The molecule has 118 valence electrons. The standard InChI is InChI=1S/C15H21F3N2O/c1-10(2)19-8-11-3-4-12(7-14(11)15(16,17)18)20-6-5-13(21)9-20/h3-4,7,10,13,19,21H,5-6,8-9H2,1-2H3. The lowest BCUT2D eigenvalue weighted by Gasteiger charge is -2.22. The molecule has 0 aromatic heterocycles. The lowest BCUT2D eigenvalue weighted by atomic mass is 10.0. The zero-order valence-electron chi connectivity index (χ0n) is 12.2. The molecule has 1 aliphatic rings. The molecular weight excluding hydrogens is 281 g/mol. The number of nitrogens with zero attached hydrogens (tertiary/aromatic N) is 1. The molecule has 2 N–H and O–H groups in total. The van der Waals surface area contributed by atoms with Gasteiger partial charge in [-0.15, -0.1) is 0 Å². The fraction of sp³-hybridized carbons (Fsp3) is 0.600. The van der Waals surface area contributed by atoms with Gasteiger partial charge in [0.05, 0.1) is 11.7 Å². The van der Waals surface area contributed by atoms with E-state index in [1.165, 1.54) is 12.1 Å². The first-order chi connectivity index (χ1) is 9.77. The minimum absolute atomic E-state index is 0.125. The average molecular weight is 302 g/mol. The number of benzene rings is 1. The Hall–Kier alpha value is -1.27. The van der Waals surface area contributed by atoms with Gasteiger partial charge in [0.25, 0.3) is 0 Å². The molecule has 1 unspecified atom stereocenters. The summed E-state index contributed by atoms with van der Waals surface area (Å²) in [5.74, 6) is 0. The van der Waals surface area contributed by atoms with Gasteiger partial charge < -0.3 is 15.3 Å². The number of anilines is 1. The number of nitrogens with one attached hydrogen (secondary N) is 1. The third kappa shape index (κ3) is 4.11. The molecule has 6 heteroatoms. The van der Waals surface area contributed by atoms with E-state index in [1.54, 1.807) is 11.0 Å². The minimum Gasteiger partial charge on any atom is -0.391 e. The van der Waals surface area contributed by atoms with Crippen LogP contribution < -0.4 is 10.2 Å². The molecule has 0 radical (unpaired) electrons. The van der Waals surface area contributed by atoms with E-state index in [1.807, 2.05) is 13.8 Å². The Morgan fingerprint density at radius 3 is 2.62 bits per heavy atom. The van der Waals surface area contributed by atoms with Crippen LogP contribution in [-0.4, -0.2) is 30.3 Å². The largest absolute Gasteiger partial charge is 0.416 e. The van der Waals surface area contributed by atoms with Crippen molar-refractivity contribution in [2.45, 2.75) is 45.1 Å². The van der Waals surface area contributed by atoms with Crippen LogP contribution in [0.5, 0.6) is 0 Å². The van der Waals surface area contributed by atoms with Crippen molar-refractivity contribution in [1.82, 2.24) is 5.32 Å². The van der Waals surface area contributed by atoms with Gasteiger partial charge in [-0.05, 0) is 24.1 Å². The number of alkyl halides is 3. The SMILES string of the molecule is CC(C)NCc1ccc(N2CCC(O)C2)cc1C(F)(F)F. The summed E-state index contributed by atoms with van der Waals surface area (Å²) in [7, 11) is 0. The van der Waals surface area contributed by atoms with Crippen molar-refractivity contribution in [1.29, 1.82) is 0 Å². The molecule has 1 saturated heterocycles. The Bertz CT molecular complexity index is 488. The maximum absolute atomic E-state index is 13.2. The normalized spacial score (nSPS) is 19.6.